The van der Waals surface area contributed by atoms with E-state index in [4.69, 9.17) is 11.6 Å². The zero-order valence-corrected chi connectivity index (χ0v) is 15.3. The van der Waals surface area contributed by atoms with Crippen LogP contribution in [-0.4, -0.2) is 14.6 Å². The highest BCUT2D eigenvalue weighted by Crippen LogP contribution is 2.20. The van der Waals surface area contributed by atoms with Crippen LogP contribution < -0.4 is 10.1 Å². The summed E-state index contributed by atoms with van der Waals surface area (Å²) in [5.74, 6) is 0.494. The van der Waals surface area contributed by atoms with Crippen LogP contribution in [-0.2, 0) is 0 Å². The van der Waals surface area contributed by atoms with E-state index in [1.807, 2.05) is 42.5 Å². The van der Waals surface area contributed by atoms with Gasteiger partial charge in [-0.25, -0.2) is 0 Å². The Morgan fingerprint density at radius 2 is 2.00 bits per heavy atom. The number of aromatic nitrogens is 3. The van der Waals surface area contributed by atoms with Crippen LogP contribution in [0, 0.1) is 0 Å². The summed E-state index contributed by atoms with van der Waals surface area (Å²) in [5.41, 5.74) is 1.55. The summed E-state index contributed by atoms with van der Waals surface area (Å²) in [6, 6.07) is 15.0. The minimum atomic E-state index is -0.175. The molecule has 0 fully saturated rings. The van der Waals surface area contributed by atoms with Gasteiger partial charge in [0.1, 0.15) is 0 Å². The molecule has 2 aromatic heterocycles. The van der Waals surface area contributed by atoms with Gasteiger partial charge < -0.3 is 0 Å². The normalized spacial score (nSPS) is 12.2. The highest BCUT2D eigenvalue weighted by Gasteiger charge is 2.12. The van der Waals surface area contributed by atoms with Crippen molar-refractivity contribution in [3.05, 3.63) is 78.5 Å². The Balaban J connectivity index is 1.85. The topological polar surface area (TPSA) is 47.3 Å². The second kappa shape index (κ2) is 6.12. The predicted octanol–water partition coefficient (Wildman–Crippen LogP) is 3.78. The number of hydrogen-bond acceptors (Lipinski definition) is 4. The first-order valence-electron chi connectivity index (χ1n) is 7.03. The van der Waals surface area contributed by atoms with Gasteiger partial charge in [0.2, 0.25) is 4.96 Å². The quantitative estimate of drug-likeness (QED) is 0.498. The summed E-state index contributed by atoms with van der Waals surface area (Å²) in [6.45, 7) is 0. The first-order valence-corrected chi connectivity index (χ1v) is 9.02. The summed E-state index contributed by atoms with van der Waals surface area (Å²) < 4.78 is 2.86. The van der Waals surface area contributed by atoms with Crippen molar-refractivity contribution >= 4 is 49.9 Å². The zero-order chi connectivity index (χ0) is 16.7. The van der Waals surface area contributed by atoms with E-state index in [-0.39, 0.29) is 5.56 Å². The van der Waals surface area contributed by atoms with Crippen molar-refractivity contribution in [1.29, 1.82) is 0 Å². The molecule has 2 heterocycles. The fourth-order valence-corrected chi connectivity index (χ4v) is 3.81. The van der Waals surface area contributed by atoms with Crippen LogP contribution in [0.15, 0.2) is 57.8 Å². The van der Waals surface area contributed by atoms with Crippen molar-refractivity contribution in [2.24, 2.45) is 0 Å². The van der Waals surface area contributed by atoms with Crippen molar-refractivity contribution in [2.75, 3.05) is 0 Å². The van der Waals surface area contributed by atoms with Crippen LogP contribution in [0.4, 0.5) is 0 Å². The van der Waals surface area contributed by atoms with E-state index in [2.05, 4.69) is 26.0 Å². The monoisotopic (exact) mass is 417 g/mol. The number of benzene rings is 2. The molecule has 0 aliphatic heterocycles. The molecule has 2 aromatic carbocycles. The second-order valence-electron chi connectivity index (χ2n) is 5.08. The van der Waals surface area contributed by atoms with Gasteiger partial charge in [-0.1, -0.05) is 69.2 Å². The lowest BCUT2D eigenvalue weighted by Gasteiger charge is -1.95. The Morgan fingerprint density at radius 3 is 2.75 bits per heavy atom. The number of halogens is 2. The standard InChI is InChI=1S/C17H9BrClN3OS/c18-13-7-2-1-4-10(13)9-14-16(23)22-17(24-14)20-15(21-22)11-5-3-6-12(19)8-11/h1-9H. The van der Waals surface area contributed by atoms with Crippen LogP contribution in [0.1, 0.15) is 5.56 Å². The van der Waals surface area contributed by atoms with E-state index >= 15 is 0 Å². The lowest BCUT2D eigenvalue weighted by atomic mass is 10.2. The van der Waals surface area contributed by atoms with Gasteiger partial charge in [0.25, 0.3) is 5.56 Å². The number of rotatable bonds is 2. The average molecular weight is 419 g/mol. The molecule has 0 saturated carbocycles. The molecule has 0 bridgehead atoms. The molecule has 118 valence electrons. The zero-order valence-electron chi connectivity index (χ0n) is 12.1. The van der Waals surface area contributed by atoms with Crippen LogP contribution in [0.2, 0.25) is 5.02 Å². The van der Waals surface area contributed by atoms with Gasteiger partial charge in [-0.05, 0) is 29.8 Å². The molecule has 7 heteroatoms. The minimum Gasteiger partial charge on any atom is -0.266 e. The largest absolute Gasteiger partial charge is 0.291 e. The maximum absolute atomic E-state index is 12.6. The van der Waals surface area contributed by atoms with Gasteiger partial charge in [-0.15, -0.1) is 5.10 Å². The van der Waals surface area contributed by atoms with Gasteiger partial charge in [0, 0.05) is 15.1 Å². The minimum absolute atomic E-state index is 0.175. The highest BCUT2D eigenvalue weighted by molar-refractivity contribution is 9.10. The first kappa shape index (κ1) is 15.5. The lowest BCUT2D eigenvalue weighted by Crippen LogP contribution is -2.23. The van der Waals surface area contributed by atoms with E-state index < -0.39 is 0 Å². The summed E-state index contributed by atoms with van der Waals surface area (Å²) in [4.78, 5) is 17.6. The van der Waals surface area contributed by atoms with Gasteiger partial charge in [-0.3, -0.25) is 4.79 Å². The fourth-order valence-electron chi connectivity index (χ4n) is 2.32. The molecule has 0 aliphatic rings. The molecular formula is C17H9BrClN3OS. The van der Waals surface area contributed by atoms with Crippen molar-refractivity contribution in [3.8, 4) is 11.4 Å². The summed E-state index contributed by atoms with van der Waals surface area (Å²) in [6.07, 6.45) is 1.84. The molecule has 0 spiro atoms. The molecular weight excluding hydrogens is 410 g/mol. The van der Waals surface area contributed by atoms with Crippen molar-refractivity contribution in [1.82, 2.24) is 14.6 Å². The van der Waals surface area contributed by atoms with Gasteiger partial charge in [0.05, 0.1) is 4.53 Å². The average Bonchev–Trinajstić information content (AvgIpc) is 3.10. The highest BCUT2D eigenvalue weighted by atomic mass is 79.9. The van der Waals surface area contributed by atoms with E-state index in [0.29, 0.717) is 20.3 Å². The third-order valence-electron chi connectivity index (χ3n) is 3.46. The molecule has 0 radical (unpaired) electrons. The molecule has 4 rings (SSSR count). The molecule has 0 amide bonds. The fraction of sp³-hybridized carbons (Fsp3) is 0. The Bertz CT molecular complexity index is 1170. The molecule has 4 nitrogen and oxygen atoms in total. The number of nitrogens with zero attached hydrogens (tertiary/aromatic N) is 3. The summed E-state index contributed by atoms with van der Waals surface area (Å²) >= 11 is 10.8. The third-order valence-corrected chi connectivity index (χ3v) is 5.37. The van der Waals surface area contributed by atoms with E-state index in [0.717, 1.165) is 15.6 Å². The van der Waals surface area contributed by atoms with Gasteiger partial charge in [0.15, 0.2) is 5.82 Å². The molecule has 0 saturated heterocycles. The van der Waals surface area contributed by atoms with Crippen LogP contribution in [0.25, 0.3) is 22.4 Å². The maximum Gasteiger partial charge on any atom is 0.291 e. The number of hydrogen-bond donors (Lipinski definition) is 0. The SMILES string of the molecule is O=c1c(=Cc2ccccc2Br)sc2nc(-c3cccc(Cl)c3)nn12. The number of thiazole rings is 1. The summed E-state index contributed by atoms with van der Waals surface area (Å²) in [7, 11) is 0. The van der Waals surface area contributed by atoms with Crippen molar-refractivity contribution in [3.63, 3.8) is 0 Å². The Hall–Kier alpha value is -2.02. The van der Waals surface area contributed by atoms with Gasteiger partial charge in [-0.2, -0.15) is 9.50 Å². The Labute approximate surface area is 154 Å². The molecule has 4 aromatic rings. The lowest BCUT2D eigenvalue weighted by molar-refractivity contribution is 0.937. The van der Waals surface area contributed by atoms with Gasteiger partial charge >= 0.3 is 0 Å². The Morgan fingerprint density at radius 1 is 1.17 bits per heavy atom. The predicted molar refractivity (Wildman–Crippen MR) is 101 cm³/mol. The molecule has 0 atom stereocenters. The molecule has 0 unspecified atom stereocenters. The second-order valence-corrected chi connectivity index (χ2v) is 7.38. The van der Waals surface area contributed by atoms with Crippen LogP contribution >= 0.6 is 38.9 Å². The Kier molecular flexibility index (Phi) is 3.96. The third kappa shape index (κ3) is 2.77. The van der Waals surface area contributed by atoms with Crippen molar-refractivity contribution < 1.29 is 0 Å². The maximum atomic E-state index is 12.6. The van der Waals surface area contributed by atoms with E-state index in [9.17, 15) is 4.79 Å². The van der Waals surface area contributed by atoms with E-state index in [1.165, 1.54) is 15.9 Å². The molecule has 0 aliphatic carbocycles. The molecule has 0 N–H and O–H groups in total. The van der Waals surface area contributed by atoms with Crippen LogP contribution in [0.5, 0.6) is 0 Å². The number of fused-ring (bicyclic) bond motifs is 1. The summed E-state index contributed by atoms with van der Waals surface area (Å²) in [5, 5.41) is 4.93. The first-order chi connectivity index (χ1) is 11.6. The smallest absolute Gasteiger partial charge is 0.266 e. The van der Waals surface area contributed by atoms with E-state index in [1.54, 1.807) is 12.1 Å². The van der Waals surface area contributed by atoms with Crippen molar-refractivity contribution in [2.45, 2.75) is 0 Å². The molecule has 24 heavy (non-hydrogen) atoms. The van der Waals surface area contributed by atoms with Crippen LogP contribution in [0.3, 0.4) is 0 Å².